The molecule has 1 atom stereocenters. The van der Waals surface area contributed by atoms with Crippen LogP contribution in [0.1, 0.15) is 37.4 Å². The van der Waals surface area contributed by atoms with Gasteiger partial charge in [-0.3, -0.25) is 4.79 Å². The lowest BCUT2D eigenvalue weighted by Gasteiger charge is -2.26. The number of carbonyl (C=O) groups is 2. The minimum Gasteiger partial charge on any atom is -0.444 e. The Morgan fingerprint density at radius 3 is 2.04 bits per heavy atom. The number of amides is 2. The SMILES string of the molecule is C[C@H](NC(=O)OC(C)(C)C)C(=O)N(Cc1cccs1)Cc1cccs1. The Balaban J connectivity index is 2.04. The van der Waals surface area contributed by atoms with Gasteiger partial charge < -0.3 is 15.0 Å². The molecular formula is C18H24N2O3S2. The first-order chi connectivity index (χ1) is 11.7. The summed E-state index contributed by atoms with van der Waals surface area (Å²) in [5.41, 5.74) is -0.597. The summed E-state index contributed by atoms with van der Waals surface area (Å²) in [7, 11) is 0. The normalized spacial score (nSPS) is 12.5. The maximum absolute atomic E-state index is 12.9. The van der Waals surface area contributed by atoms with Crippen molar-refractivity contribution in [1.29, 1.82) is 0 Å². The van der Waals surface area contributed by atoms with Crippen molar-refractivity contribution in [3.8, 4) is 0 Å². The van der Waals surface area contributed by atoms with E-state index < -0.39 is 17.7 Å². The lowest BCUT2D eigenvalue weighted by molar-refractivity contribution is -0.134. The van der Waals surface area contributed by atoms with Gasteiger partial charge in [0.2, 0.25) is 5.91 Å². The average Bonchev–Trinajstić information content (AvgIpc) is 3.17. The number of alkyl carbamates (subject to hydrolysis) is 1. The lowest BCUT2D eigenvalue weighted by atomic mass is 10.2. The van der Waals surface area contributed by atoms with Gasteiger partial charge in [0.1, 0.15) is 11.6 Å². The molecular weight excluding hydrogens is 356 g/mol. The summed E-state index contributed by atoms with van der Waals surface area (Å²) in [5, 5.41) is 6.61. The standard InChI is InChI=1S/C18H24N2O3S2/c1-13(19-17(22)23-18(2,3)4)16(21)20(11-14-7-5-9-24-14)12-15-8-6-10-25-15/h5-10,13H,11-12H2,1-4H3,(H,19,22)/t13-/m0/s1. The molecule has 0 unspecified atom stereocenters. The Bertz CT molecular complexity index is 639. The summed E-state index contributed by atoms with van der Waals surface area (Å²) in [4.78, 5) is 28.8. The molecule has 0 aliphatic heterocycles. The van der Waals surface area contributed by atoms with E-state index in [9.17, 15) is 9.59 Å². The number of thiophene rings is 2. The first-order valence-corrected chi connectivity index (χ1v) is 9.83. The Morgan fingerprint density at radius 1 is 1.12 bits per heavy atom. The summed E-state index contributed by atoms with van der Waals surface area (Å²) in [5.74, 6) is -0.132. The van der Waals surface area contributed by atoms with Crippen molar-refractivity contribution < 1.29 is 14.3 Å². The second-order valence-corrected chi connectivity index (χ2v) is 8.79. The highest BCUT2D eigenvalue weighted by atomic mass is 32.1. The molecule has 0 spiro atoms. The third kappa shape index (κ3) is 6.51. The Morgan fingerprint density at radius 2 is 1.64 bits per heavy atom. The van der Waals surface area contributed by atoms with E-state index in [2.05, 4.69) is 5.32 Å². The summed E-state index contributed by atoms with van der Waals surface area (Å²) in [6.07, 6.45) is -0.583. The smallest absolute Gasteiger partial charge is 0.408 e. The van der Waals surface area contributed by atoms with Gasteiger partial charge in [0.25, 0.3) is 0 Å². The number of hydrogen-bond donors (Lipinski definition) is 1. The highest BCUT2D eigenvalue weighted by Crippen LogP contribution is 2.18. The van der Waals surface area contributed by atoms with Gasteiger partial charge in [-0.05, 0) is 50.6 Å². The predicted octanol–water partition coefficient (Wildman–Crippen LogP) is 4.25. The summed E-state index contributed by atoms with van der Waals surface area (Å²) < 4.78 is 5.23. The van der Waals surface area contributed by atoms with Gasteiger partial charge in [0.05, 0.1) is 13.1 Å². The Hall–Kier alpha value is -1.86. The molecule has 2 rings (SSSR count). The summed E-state index contributed by atoms with van der Waals surface area (Å²) >= 11 is 3.22. The zero-order valence-corrected chi connectivity index (χ0v) is 16.6. The van der Waals surface area contributed by atoms with Gasteiger partial charge in [-0.25, -0.2) is 4.79 Å². The lowest BCUT2D eigenvalue weighted by Crippen LogP contribution is -2.47. The van der Waals surface area contributed by atoms with E-state index in [1.807, 2.05) is 35.0 Å². The molecule has 0 aliphatic rings. The van der Waals surface area contributed by atoms with Gasteiger partial charge in [0.15, 0.2) is 0 Å². The molecule has 2 heterocycles. The minimum atomic E-state index is -0.658. The highest BCUT2D eigenvalue weighted by Gasteiger charge is 2.25. The van der Waals surface area contributed by atoms with Crippen molar-refractivity contribution in [2.75, 3.05) is 0 Å². The average molecular weight is 381 g/mol. The molecule has 0 saturated heterocycles. The topological polar surface area (TPSA) is 58.6 Å². The van der Waals surface area contributed by atoms with Crippen LogP contribution in [0, 0.1) is 0 Å². The molecule has 0 radical (unpaired) electrons. The van der Waals surface area contributed by atoms with Crippen molar-refractivity contribution in [3.05, 3.63) is 44.8 Å². The van der Waals surface area contributed by atoms with Crippen molar-refractivity contribution in [2.24, 2.45) is 0 Å². The Labute approximate surface area is 156 Å². The molecule has 0 saturated carbocycles. The van der Waals surface area contributed by atoms with E-state index in [1.165, 1.54) is 0 Å². The molecule has 0 aromatic carbocycles. The molecule has 2 aromatic rings. The molecule has 1 N–H and O–H groups in total. The van der Waals surface area contributed by atoms with Gasteiger partial charge in [-0.2, -0.15) is 0 Å². The summed E-state index contributed by atoms with van der Waals surface area (Å²) in [6.45, 7) is 8.10. The van der Waals surface area contributed by atoms with Crippen molar-refractivity contribution in [1.82, 2.24) is 10.2 Å². The molecule has 7 heteroatoms. The van der Waals surface area contributed by atoms with Gasteiger partial charge >= 0.3 is 6.09 Å². The van der Waals surface area contributed by atoms with Crippen LogP contribution in [0.5, 0.6) is 0 Å². The minimum absolute atomic E-state index is 0.132. The van der Waals surface area contributed by atoms with E-state index in [4.69, 9.17) is 4.74 Å². The molecule has 2 aromatic heterocycles. The molecule has 136 valence electrons. The maximum Gasteiger partial charge on any atom is 0.408 e. The third-order valence-corrected chi connectivity index (χ3v) is 4.99. The number of nitrogens with one attached hydrogen (secondary N) is 1. The highest BCUT2D eigenvalue weighted by molar-refractivity contribution is 7.10. The number of ether oxygens (including phenoxy) is 1. The zero-order valence-electron chi connectivity index (χ0n) is 14.9. The fourth-order valence-corrected chi connectivity index (χ4v) is 3.65. The van der Waals surface area contributed by atoms with Crippen LogP contribution in [0.4, 0.5) is 4.79 Å². The third-order valence-electron chi connectivity index (χ3n) is 3.27. The largest absolute Gasteiger partial charge is 0.444 e. The number of carbonyl (C=O) groups excluding carboxylic acids is 2. The molecule has 25 heavy (non-hydrogen) atoms. The van der Waals surface area contributed by atoms with E-state index >= 15 is 0 Å². The van der Waals surface area contributed by atoms with Crippen LogP contribution in [0.3, 0.4) is 0 Å². The van der Waals surface area contributed by atoms with Crippen LogP contribution < -0.4 is 5.32 Å². The van der Waals surface area contributed by atoms with Gasteiger partial charge in [-0.15, -0.1) is 22.7 Å². The van der Waals surface area contributed by atoms with E-state index in [0.29, 0.717) is 13.1 Å². The number of hydrogen-bond acceptors (Lipinski definition) is 5. The van der Waals surface area contributed by atoms with E-state index in [0.717, 1.165) is 9.75 Å². The van der Waals surface area contributed by atoms with Crippen LogP contribution in [0.2, 0.25) is 0 Å². The fraction of sp³-hybridized carbons (Fsp3) is 0.444. The quantitative estimate of drug-likeness (QED) is 0.815. The van der Waals surface area contributed by atoms with Crippen molar-refractivity contribution in [3.63, 3.8) is 0 Å². The first kappa shape index (κ1) is 19.5. The predicted molar refractivity (Wildman–Crippen MR) is 102 cm³/mol. The second kappa shape index (κ2) is 8.49. The Kier molecular flexibility index (Phi) is 6.61. The van der Waals surface area contributed by atoms with Crippen LogP contribution in [-0.4, -0.2) is 28.5 Å². The molecule has 0 bridgehead atoms. The van der Waals surface area contributed by atoms with Crippen LogP contribution in [0.15, 0.2) is 35.0 Å². The van der Waals surface area contributed by atoms with Crippen LogP contribution in [0.25, 0.3) is 0 Å². The van der Waals surface area contributed by atoms with E-state index in [-0.39, 0.29) is 5.91 Å². The molecule has 0 fully saturated rings. The zero-order chi connectivity index (χ0) is 18.4. The van der Waals surface area contributed by atoms with Crippen molar-refractivity contribution in [2.45, 2.75) is 52.4 Å². The number of nitrogens with zero attached hydrogens (tertiary/aromatic N) is 1. The second-order valence-electron chi connectivity index (χ2n) is 6.72. The number of rotatable bonds is 6. The fourth-order valence-electron chi connectivity index (χ4n) is 2.21. The van der Waals surface area contributed by atoms with Gasteiger partial charge in [0, 0.05) is 9.75 Å². The van der Waals surface area contributed by atoms with Crippen LogP contribution >= 0.6 is 22.7 Å². The monoisotopic (exact) mass is 380 g/mol. The van der Waals surface area contributed by atoms with E-state index in [1.54, 1.807) is 55.3 Å². The molecule has 0 aliphatic carbocycles. The van der Waals surface area contributed by atoms with Gasteiger partial charge in [-0.1, -0.05) is 12.1 Å². The molecule has 5 nitrogen and oxygen atoms in total. The van der Waals surface area contributed by atoms with Crippen LogP contribution in [-0.2, 0) is 22.6 Å². The van der Waals surface area contributed by atoms with Crippen molar-refractivity contribution >= 4 is 34.7 Å². The summed E-state index contributed by atoms with van der Waals surface area (Å²) in [6, 6.07) is 7.29. The maximum atomic E-state index is 12.9. The molecule has 2 amide bonds. The first-order valence-electron chi connectivity index (χ1n) is 8.07.